The van der Waals surface area contributed by atoms with Crippen molar-refractivity contribution in [2.45, 2.75) is 72.5 Å². The molecule has 0 saturated carbocycles. The average Bonchev–Trinajstić information content (AvgIpc) is 2.44. The highest BCUT2D eigenvalue weighted by atomic mass is 15.1. The second kappa shape index (κ2) is 8.55. The molecule has 0 amide bonds. The highest BCUT2D eigenvalue weighted by molar-refractivity contribution is 5.22. The highest BCUT2D eigenvalue weighted by Crippen LogP contribution is 2.12. The van der Waals surface area contributed by atoms with Gasteiger partial charge in [0.05, 0.1) is 0 Å². The van der Waals surface area contributed by atoms with E-state index in [9.17, 15) is 0 Å². The van der Waals surface area contributed by atoms with Crippen molar-refractivity contribution in [3.8, 4) is 0 Å². The summed E-state index contributed by atoms with van der Waals surface area (Å²) in [6.45, 7) is 16.7. The molecule has 1 rings (SSSR count). The van der Waals surface area contributed by atoms with Gasteiger partial charge in [0.1, 0.15) is 0 Å². The SMILES string of the molecule is CCC(C)N(CC)Cc1ccc(CCNC(C)(C)C)cc1. The zero-order valence-electron chi connectivity index (χ0n) is 14.9. The number of benzene rings is 1. The van der Waals surface area contributed by atoms with Gasteiger partial charge in [-0.3, -0.25) is 4.90 Å². The van der Waals surface area contributed by atoms with Crippen molar-refractivity contribution in [3.05, 3.63) is 35.4 Å². The summed E-state index contributed by atoms with van der Waals surface area (Å²) in [6.07, 6.45) is 2.31. The molecular weight excluding hydrogens is 256 g/mol. The molecule has 0 spiro atoms. The van der Waals surface area contributed by atoms with E-state index in [1.807, 2.05) is 0 Å². The van der Waals surface area contributed by atoms with E-state index in [0.29, 0.717) is 6.04 Å². The fourth-order valence-electron chi connectivity index (χ4n) is 2.47. The van der Waals surface area contributed by atoms with Gasteiger partial charge in [-0.1, -0.05) is 38.1 Å². The Morgan fingerprint density at radius 2 is 1.62 bits per heavy atom. The topological polar surface area (TPSA) is 15.3 Å². The molecule has 0 aromatic heterocycles. The molecule has 0 aliphatic carbocycles. The predicted molar refractivity (Wildman–Crippen MR) is 93.7 cm³/mol. The first-order valence-corrected chi connectivity index (χ1v) is 8.42. The fourth-order valence-corrected chi connectivity index (χ4v) is 2.47. The van der Waals surface area contributed by atoms with E-state index < -0.39 is 0 Å². The molecule has 2 heteroatoms. The molecule has 0 aliphatic rings. The van der Waals surface area contributed by atoms with E-state index in [-0.39, 0.29) is 5.54 Å². The van der Waals surface area contributed by atoms with E-state index >= 15 is 0 Å². The molecule has 1 unspecified atom stereocenters. The molecule has 21 heavy (non-hydrogen) atoms. The van der Waals surface area contributed by atoms with Crippen molar-refractivity contribution >= 4 is 0 Å². The molecule has 1 N–H and O–H groups in total. The summed E-state index contributed by atoms with van der Waals surface area (Å²) in [5, 5.41) is 3.54. The summed E-state index contributed by atoms with van der Waals surface area (Å²) in [7, 11) is 0. The third kappa shape index (κ3) is 7.10. The van der Waals surface area contributed by atoms with Crippen LogP contribution in [0.4, 0.5) is 0 Å². The van der Waals surface area contributed by atoms with Crippen molar-refractivity contribution in [1.82, 2.24) is 10.2 Å². The van der Waals surface area contributed by atoms with Gasteiger partial charge in [-0.2, -0.15) is 0 Å². The summed E-state index contributed by atoms with van der Waals surface area (Å²) in [6, 6.07) is 9.80. The lowest BCUT2D eigenvalue weighted by atomic mass is 10.1. The molecule has 0 heterocycles. The summed E-state index contributed by atoms with van der Waals surface area (Å²) < 4.78 is 0. The maximum absolute atomic E-state index is 3.54. The van der Waals surface area contributed by atoms with E-state index in [1.54, 1.807) is 0 Å². The highest BCUT2D eigenvalue weighted by Gasteiger charge is 2.10. The van der Waals surface area contributed by atoms with Gasteiger partial charge >= 0.3 is 0 Å². The maximum atomic E-state index is 3.54. The fraction of sp³-hybridized carbons (Fsp3) is 0.684. The Hall–Kier alpha value is -0.860. The van der Waals surface area contributed by atoms with Crippen molar-refractivity contribution < 1.29 is 0 Å². The number of hydrogen-bond donors (Lipinski definition) is 1. The molecule has 1 aromatic rings. The Bertz CT molecular complexity index is 389. The molecular formula is C19H34N2. The first-order chi connectivity index (χ1) is 9.85. The summed E-state index contributed by atoms with van der Waals surface area (Å²) in [5.41, 5.74) is 3.05. The molecule has 0 bridgehead atoms. The van der Waals surface area contributed by atoms with Crippen LogP contribution in [0.25, 0.3) is 0 Å². The van der Waals surface area contributed by atoms with Gasteiger partial charge in [0, 0.05) is 18.1 Å². The first kappa shape index (κ1) is 18.2. The summed E-state index contributed by atoms with van der Waals surface area (Å²) >= 11 is 0. The summed E-state index contributed by atoms with van der Waals surface area (Å²) in [5.74, 6) is 0. The number of hydrogen-bond acceptors (Lipinski definition) is 2. The summed E-state index contributed by atoms with van der Waals surface area (Å²) in [4.78, 5) is 2.54. The van der Waals surface area contributed by atoms with Gasteiger partial charge in [0.2, 0.25) is 0 Å². The van der Waals surface area contributed by atoms with Crippen LogP contribution in [0.2, 0.25) is 0 Å². The minimum Gasteiger partial charge on any atom is -0.312 e. The van der Waals surface area contributed by atoms with E-state index in [2.05, 4.69) is 76.0 Å². The lowest BCUT2D eigenvalue weighted by molar-refractivity contribution is 0.206. The zero-order chi connectivity index (χ0) is 15.9. The lowest BCUT2D eigenvalue weighted by Crippen LogP contribution is -2.37. The third-order valence-electron chi connectivity index (χ3n) is 4.10. The second-order valence-corrected chi connectivity index (χ2v) is 7.06. The van der Waals surface area contributed by atoms with Crippen LogP contribution in [0.5, 0.6) is 0 Å². The van der Waals surface area contributed by atoms with E-state index in [0.717, 1.165) is 26.1 Å². The molecule has 1 atom stereocenters. The first-order valence-electron chi connectivity index (χ1n) is 8.42. The molecule has 0 fully saturated rings. The van der Waals surface area contributed by atoms with Crippen LogP contribution >= 0.6 is 0 Å². The smallest absolute Gasteiger partial charge is 0.0236 e. The van der Waals surface area contributed by atoms with Crippen LogP contribution in [0.15, 0.2) is 24.3 Å². The predicted octanol–water partition coefficient (Wildman–Crippen LogP) is 4.24. The minimum absolute atomic E-state index is 0.206. The normalized spacial score (nSPS) is 13.7. The van der Waals surface area contributed by atoms with Crippen molar-refractivity contribution in [3.63, 3.8) is 0 Å². The van der Waals surface area contributed by atoms with Gasteiger partial charge in [-0.25, -0.2) is 0 Å². The second-order valence-electron chi connectivity index (χ2n) is 7.06. The Morgan fingerprint density at radius 1 is 1.05 bits per heavy atom. The van der Waals surface area contributed by atoms with Crippen LogP contribution in [0.3, 0.4) is 0 Å². The number of nitrogens with zero attached hydrogens (tertiary/aromatic N) is 1. The number of nitrogens with one attached hydrogen (secondary N) is 1. The van der Waals surface area contributed by atoms with Crippen LogP contribution in [-0.2, 0) is 13.0 Å². The Morgan fingerprint density at radius 3 is 2.10 bits per heavy atom. The van der Waals surface area contributed by atoms with Gasteiger partial charge in [-0.05, 0) is 64.8 Å². The Balaban J connectivity index is 2.50. The number of rotatable bonds is 8. The zero-order valence-corrected chi connectivity index (χ0v) is 14.9. The molecule has 0 radical (unpaired) electrons. The van der Waals surface area contributed by atoms with Crippen LogP contribution in [0, 0.1) is 0 Å². The average molecular weight is 290 g/mol. The Labute approximate surface area is 131 Å². The van der Waals surface area contributed by atoms with Crippen molar-refractivity contribution in [1.29, 1.82) is 0 Å². The quantitative estimate of drug-likeness (QED) is 0.770. The van der Waals surface area contributed by atoms with Crippen molar-refractivity contribution in [2.75, 3.05) is 13.1 Å². The van der Waals surface area contributed by atoms with Gasteiger partial charge in [0.25, 0.3) is 0 Å². The van der Waals surface area contributed by atoms with E-state index in [1.165, 1.54) is 17.5 Å². The van der Waals surface area contributed by atoms with Gasteiger partial charge in [-0.15, -0.1) is 0 Å². The molecule has 120 valence electrons. The monoisotopic (exact) mass is 290 g/mol. The largest absolute Gasteiger partial charge is 0.312 e. The Kier molecular flexibility index (Phi) is 7.41. The minimum atomic E-state index is 0.206. The maximum Gasteiger partial charge on any atom is 0.0236 e. The van der Waals surface area contributed by atoms with Crippen molar-refractivity contribution in [2.24, 2.45) is 0 Å². The molecule has 1 aromatic carbocycles. The lowest BCUT2D eigenvalue weighted by Gasteiger charge is -2.27. The van der Waals surface area contributed by atoms with E-state index in [4.69, 9.17) is 0 Å². The van der Waals surface area contributed by atoms with Gasteiger partial charge in [0.15, 0.2) is 0 Å². The van der Waals surface area contributed by atoms with Gasteiger partial charge < -0.3 is 5.32 Å². The molecule has 0 aliphatic heterocycles. The van der Waals surface area contributed by atoms with Crippen LogP contribution in [0.1, 0.15) is 59.1 Å². The van der Waals surface area contributed by atoms with Crippen LogP contribution in [-0.4, -0.2) is 29.6 Å². The van der Waals surface area contributed by atoms with Crippen LogP contribution < -0.4 is 5.32 Å². The molecule has 0 saturated heterocycles. The standard InChI is InChI=1S/C19H34N2/c1-7-16(3)21(8-2)15-18-11-9-17(10-12-18)13-14-20-19(4,5)6/h9-12,16,20H,7-8,13-15H2,1-6H3. The third-order valence-corrected chi connectivity index (χ3v) is 4.10. The molecule has 2 nitrogen and oxygen atoms in total.